The van der Waals surface area contributed by atoms with Crippen LogP contribution in [0.2, 0.25) is 0 Å². The van der Waals surface area contributed by atoms with Crippen LogP contribution in [0.15, 0.2) is 35.6 Å². The zero-order valence-electron chi connectivity index (χ0n) is 12.7. The Labute approximate surface area is 132 Å². The van der Waals surface area contributed by atoms with Crippen molar-refractivity contribution < 1.29 is 24.4 Å². The fraction of sp³-hybridized carbons (Fsp3) is 0.333. The molecule has 0 saturated carbocycles. The minimum absolute atomic E-state index is 0.0633. The summed E-state index contributed by atoms with van der Waals surface area (Å²) in [5.74, 6) is -1.78. The smallest absolute Gasteiger partial charge is 0.290 e. The minimum atomic E-state index is -0.866. The molecule has 8 nitrogen and oxygen atoms in total. The van der Waals surface area contributed by atoms with Gasteiger partial charge in [0.15, 0.2) is 11.5 Å². The Morgan fingerprint density at radius 1 is 1.48 bits per heavy atom. The number of carbonyl (C=O) groups excluding carboxylic acids is 2. The van der Waals surface area contributed by atoms with Crippen LogP contribution in [0.5, 0.6) is 0 Å². The van der Waals surface area contributed by atoms with Crippen molar-refractivity contribution in [1.29, 1.82) is 0 Å². The van der Waals surface area contributed by atoms with Crippen molar-refractivity contribution in [2.24, 2.45) is 0 Å². The first kappa shape index (κ1) is 16.6. The van der Waals surface area contributed by atoms with Crippen molar-refractivity contribution in [3.05, 3.63) is 51.3 Å². The van der Waals surface area contributed by atoms with E-state index in [1.807, 2.05) is 0 Å². The van der Waals surface area contributed by atoms with Crippen LogP contribution in [0.1, 0.15) is 18.5 Å². The van der Waals surface area contributed by atoms with Gasteiger partial charge in [-0.1, -0.05) is 12.1 Å². The molecular formula is C15H16N2O6. The lowest BCUT2D eigenvalue weighted by Gasteiger charge is -2.26. The maximum atomic E-state index is 12.2. The van der Waals surface area contributed by atoms with Crippen LogP contribution >= 0.6 is 0 Å². The van der Waals surface area contributed by atoms with Crippen LogP contribution < -0.4 is 0 Å². The van der Waals surface area contributed by atoms with E-state index in [2.05, 4.69) is 0 Å². The highest BCUT2D eigenvalue weighted by molar-refractivity contribution is 6.08. The molecule has 0 spiro atoms. The molecule has 1 heterocycles. The molecule has 1 amide bonds. The summed E-state index contributed by atoms with van der Waals surface area (Å²) in [5, 5.41) is 20.9. The van der Waals surface area contributed by atoms with E-state index < -0.39 is 28.4 Å². The molecule has 0 bridgehead atoms. The summed E-state index contributed by atoms with van der Waals surface area (Å²) in [6.07, 6.45) is 0. The Morgan fingerprint density at radius 2 is 2.17 bits per heavy atom. The highest BCUT2D eigenvalue weighted by Crippen LogP contribution is 2.38. The van der Waals surface area contributed by atoms with E-state index in [0.717, 1.165) is 0 Å². The van der Waals surface area contributed by atoms with E-state index in [-0.39, 0.29) is 24.4 Å². The highest BCUT2D eigenvalue weighted by Gasteiger charge is 2.42. The van der Waals surface area contributed by atoms with Gasteiger partial charge in [-0.25, -0.2) is 0 Å². The van der Waals surface area contributed by atoms with E-state index in [0.29, 0.717) is 5.56 Å². The number of benzene rings is 1. The minimum Gasteiger partial charge on any atom is -0.503 e. The number of hydrogen-bond acceptors (Lipinski definition) is 6. The van der Waals surface area contributed by atoms with E-state index in [4.69, 9.17) is 4.74 Å². The Bertz CT molecular complexity index is 697. The number of nitro benzene ring substituents is 1. The van der Waals surface area contributed by atoms with Gasteiger partial charge >= 0.3 is 0 Å². The largest absolute Gasteiger partial charge is 0.503 e. The Kier molecular flexibility index (Phi) is 4.75. The fourth-order valence-corrected chi connectivity index (χ4v) is 2.59. The molecule has 23 heavy (non-hydrogen) atoms. The van der Waals surface area contributed by atoms with Gasteiger partial charge in [-0.05, 0) is 12.5 Å². The van der Waals surface area contributed by atoms with Gasteiger partial charge in [0.25, 0.3) is 11.6 Å². The van der Waals surface area contributed by atoms with Crippen molar-refractivity contribution in [3.63, 3.8) is 0 Å². The number of rotatable bonds is 6. The first-order valence-corrected chi connectivity index (χ1v) is 6.86. The fourth-order valence-electron chi connectivity index (χ4n) is 2.59. The average Bonchev–Trinajstić information content (AvgIpc) is 2.77. The summed E-state index contributed by atoms with van der Waals surface area (Å²) in [7, 11) is 1.46. The topological polar surface area (TPSA) is 110 Å². The molecule has 0 aromatic heterocycles. The van der Waals surface area contributed by atoms with Crippen LogP contribution in [0.3, 0.4) is 0 Å². The molecule has 0 radical (unpaired) electrons. The molecule has 0 unspecified atom stereocenters. The van der Waals surface area contributed by atoms with E-state index in [1.165, 1.54) is 37.1 Å². The van der Waals surface area contributed by atoms with Crippen LogP contribution in [-0.4, -0.2) is 46.9 Å². The zero-order valence-corrected chi connectivity index (χ0v) is 12.7. The van der Waals surface area contributed by atoms with Crippen LogP contribution in [0.4, 0.5) is 5.69 Å². The third-order valence-electron chi connectivity index (χ3n) is 3.62. The Balaban J connectivity index is 2.52. The van der Waals surface area contributed by atoms with E-state index >= 15 is 0 Å². The monoisotopic (exact) mass is 320 g/mol. The van der Waals surface area contributed by atoms with Crippen LogP contribution in [-0.2, 0) is 14.3 Å². The number of nitrogens with zero attached hydrogens (tertiary/aromatic N) is 2. The third kappa shape index (κ3) is 3.07. The van der Waals surface area contributed by atoms with Gasteiger partial charge < -0.3 is 14.7 Å². The first-order valence-electron chi connectivity index (χ1n) is 6.86. The van der Waals surface area contributed by atoms with Crippen molar-refractivity contribution in [1.82, 2.24) is 4.90 Å². The van der Waals surface area contributed by atoms with Gasteiger partial charge in [-0.3, -0.25) is 19.7 Å². The molecule has 0 fully saturated rings. The number of amides is 1. The maximum absolute atomic E-state index is 12.2. The van der Waals surface area contributed by atoms with Gasteiger partial charge in [0.2, 0.25) is 0 Å². The predicted molar refractivity (Wildman–Crippen MR) is 79.8 cm³/mol. The number of ether oxygens (including phenoxy) is 1. The Hall–Kier alpha value is -2.74. The van der Waals surface area contributed by atoms with Gasteiger partial charge in [0.1, 0.15) is 0 Å². The van der Waals surface area contributed by atoms with Gasteiger partial charge in [-0.2, -0.15) is 0 Å². The van der Waals surface area contributed by atoms with Crippen molar-refractivity contribution in [3.8, 4) is 0 Å². The molecule has 2 rings (SSSR count). The standard InChI is InChI=1S/C15H16N2O6/c1-9(18)12-13(10-4-3-5-11(8-10)17(21)22)16(6-7-23-2)15(20)14(12)19/h3-5,8,13,19H,6-7H2,1-2H3/t13-/m0/s1. The number of aliphatic hydroxyl groups is 1. The number of hydrogen-bond donors (Lipinski definition) is 1. The second kappa shape index (κ2) is 6.57. The molecule has 1 atom stereocenters. The quantitative estimate of drug-likeness (QED) is 0.628. The van der Waals surface area contributed by atoms with Gasteiger partial charge in [-0.15, -0.1) is 0 Å². The Morgan fingerprint density at radius 3 is 2.74 bits per heavy atom. The molecular weight excluding hydrogens is 304 g/mol. The normalized spacial score (nSPS) is 17.7. The maximum Gasteiger partial charge on any atom is 0.290 e. The molecule has 1 aromatic carbocycles. The lowest BCUT2D eigenvalue weighted by molar-refractivity contribution is -0.384. The van der Waals surface area contributed by atoms with Crippen LogP contribution in [0.25, 0.3) is 0 Å². The predicted octanol–water partition coefficient (Wildman–Crippen LogP) is 1.53. The second-order valence-electron chi connectivity index (χ2n) is 5.06. The molecule has 1 aliphatic heterocycles. The van der Waals surface area contributed by atoms with Gasteiger partial charge in [0.05, 0.1) is 23.1 Å². The summed E-state index contributed by atoms with van der Waals surface area (Å²) < 4.78 is 4.94. The SMILES string of the molecule is COCCN1C(=O)C(O)=C(C(C)=O)[C@@H]1c1cccc([N+](=O)[O-])c1. The number of ketones is 1. The first-order chi connectivity index (χ1) is 10.9. The number of aliphatic hydroxyl groups excluding tert-OH is 1. The van der Waals surface area contributed by atoms with E-state index in [9.17, 15) is 24.8 Å². The third-order valence-corrected chi connectivity index (χ3v) is 3.62. The molecule has 0 saturated heterocycles. The molecule has 0 aliphatic carbocycles. The van der Waals surface area contributed by atoms with Crippen molar-refractivity contribution in [2.75, 3.05) is 20.3 Å². The van der Waals surface area contributed by atoms with Gasteiger partial charge in [0, 0.05) is 25.8 Å². The van der Waals surface area contributed by atoms with Crippen molar-refractivity contribution >= 4 is 17.4 Å². The van der Waals surface area contributed by atoms with Crippen molar-refractivity contribution in [2.45, 2.75) is 13.0 Å². The number of non-ortho nitro benzene ring substituents is 1. The molecule has 1 aliphatic rings. The van der Waals surface area contributed by atoms with Crippen LogP contribution in [0, 0.1) is 10.1 Å². The second-order valence-corrected chi connectivity index (χ2v) is 5.06. The summed E-state index contributed by atoms with van der Waals surface area (Å²) in [6, 6.07) is 4.79. The zero-order chi connectivity index (χ0) is 17.1. The summed E-state index contributed by atoms with van der Waals surface area (Å²) >= 11 is 0. The molecule has 1 N–H and O–H groups in total. The molecule has 8 heteroatoms. The molecule has 122 valence electrons. The summed E-state index contributed by atoms with van der Waals surface area (Å²) in [6.45, 7) is 1.59. The average molecular weight is 320 g/mol. The number of Topliss-reactive ketones (excluding diaryl/α,β-unsaturated/α-hetero) is 1. The van der Waals surface area contributed by atoms with E-state index in [1.54, 1.807) is 6.07 Å². The lowest BCUT2D eigenvalue weighted by Crippen LogP contribution is -2.33. The lowest BCUT2D eigenvalue weighted by atomic mass is 9.96. The number of carbonyl (C=O) groups is 2. The highest BCUT2D eigenvalue weighted by atomic mass is 16.6. The summed E-state index contributed by atoms with van der Waals surface area (Å²) in [5.41, 5.74) is 0.167. The number of methoxy groups -OCH3 is 1. The summed E-state index contributed by atoms with van der Waals surface area (Å²) in [4.78, 5) is 35.7. The molecule has 1 aromatic rings. The number of nitro groups is 1.